The summed E-state index contributed by atoms with van der Waals surface area (Å²) in [6, 6.07) is 6.40. The Hall–Kier alpha value is -1.89. The second-order valence-electron chi connectivity index (χ2n) is 6.02. The number of benzene rings is 1. The Bertz CT molecular complexity index is 673. The Labute approximate surface area is 135 Å². The summed E-state index contributed by atoms with van der Waals surface area (Å²) in [4.78, 5) is 23.3. The van der Waals surface area contributed by atoms with Crippen LogP contribution in [0.25, 0.3) is 0 Å². The van der Waals surface area contributed by atoms with Crippen LogP contribution in [-0.2, 0) is 26.0 Å². The Kier molecular flexibility index (Phi) is 5.41. The van der Waals surface area contributed by atoms with E-state index in [-0.39, 0.29) is 22.6 Å². The predicted molar refractivity (Wildman–Crippen MR) is 84.5 cm³/mol. The molecule has 0 aromatic heterocycles. The lowest BCUT2D eigenvalue weighted by molar-refractivity contribution is -0.144. The van der Waals surface area contributed by atoms with Crippen molar-refractivity contribution < 1.29 is 23.1 Å². The number of hydrogen-bond donors (Lipinski definition) is 2. The predicted octanol–water partition coefficient (Wildman–Crippen LogP) is 1.60. The number of carboxylic acids is 1. The molecule has 126 valence electrons. The molecule has 0 heterocycles. The summed E-state index contributed by atoms with van der Waals surface area (Å²) in [5, 5.41) is 11.8. The van der Waals surface area contributed by atoms with Crippen LogP contribution in [0, 0.1) is 11.8 Å². The summed E-state index contributed by atoms with van der Waals surface area (Å²) in [6.07, 6.45) is 3.41. The molecule has 6 nitrogen and oxygen atoms in total. The molecular formula is C16H21NO5S. The molecule has 7 heteroatoms. The minimum atomic E-state index is -3.22. The highest BCUT2D eigenvalue weighted by atomic mass is 32.2. The van der Waals surface area contributed by atoms with Gasteiger partial charge in [-0.3, -0.25) is 9.59 Å². The van der Waals surface area contributed by atoms with Crippen LogP contribution >= 0.6 is 0 Å². The fourth-order valence-corrected chi connectivity index (χ4v) is 3.42. The Morgan fingerprint density at radius 3 is 2.09 bits per heavy atom. The Morgan fingerprint density at radius 2 is 1.61 bits per heavy atom. The third kappa shape index (κ3) is 4.79. The number of nitrogens with one attached hydrogen (secondary N) is 1. The minimum absolute atomic E-state index is 0.0685. The van der Waals surface area contributed by atoms with Gasteiger partial charge in [-0.25, -0.2) is 8.42 Å². The molecule has 0 atom stereocenters. The van der Waals surface area contributed by atoms with E-state index in [9.17, 15) is 18.0 Å². The van der Waals surface area contributed by atoms with Crippen LogP contribution in [-0.4, -0.2) is 31.7 Å². The van der Waals surface area contributed by atoms with Crippen LogP contribution in [0.5, 0.6) is 0 Å². The number of rotatable bonds is 5. The molecule has 1 aromatic carbocycles. The average molecular weight is 339 g/mol. The van der Waals surface area contributed by atoms with E-state index >= 15 is 0 Å². The van der Waals surface area contributed by atoms with Gasteiger partial charge in [-0.15, -0.1) is 0 Å². The molecule has 0 bridgehead atoms. The lowest BCUT2D eigenvalue weighted by atomic mass is 9.81. The van der Waals surface area contributed by atoms with Crippen LogP contribution in [0.1, 0.15) is 31.2 Å². The van der Waals surface area contributed by atoms with E-state index in [0.29, 0.717) is 32.2 Å². The summed E-state index contributed by atoms with van der Waals surface area (Å²) >= 11 is 0. The summed E-state index contributed by atoms with van der Waals surface area (Å²) in [6.45, 7) is 0.335. The number of aliphatic carboxylic acids is 1. The van der Waals surface area contributed by atoms with Gasteiger partial charge in [0.25, 0.3) is 0 Å². The Morgan fingerprint density at radius 1 is 1.09 bits per heavy atom. The smallest absolute Gasteiger partial charge is 0.306 e. The zero-order valence-corrected chi connectivity index (χ0v) is 13.8. The molecule has 0 saturated heterocycles. The van der Waals surface area contributed by atoms with Crippen molar-refractivity contribution in [1.29, 1.82) is 0 Å². The first-order valence-electron chi connectivity index (χ1n) is 7.57. The van der Waals surface area contributed by atoms with E-state index in [1.54, 1.807) is 12.1 Å². The fraction of sp³-hybridized carbons (Fsp3) is 0.500. The first-order valence-corrected chi connectivity index (χ1v) is 9.46. The van der Waals surface area contributed by atoms with Crippen molar-refractivity contribution in [2.45, 2.75) is 37.1 Å². The largest absolute Gasteiger partial charge is 0.481 e. The van der Waals surface area contributed by atoms with Gasteiger partial charge in [0, 0.05) is 18.7 Å². The molecule has 0 unspecified atom stereocenters. The van der Waals surface area contributed by atoms with Crippen LogP contribution in [0.3, 0.4) is 0 Å². The van der Waals surface area contributed by atoms with Gasteiger partial charge in [0.1, 0.15) is 0 Å². The monoisotopic (exact) mass is 339 g/mol. The first kappa shape index (κ1) is 17.5. The van der Waals surface area contributed by atoms with E-state index in [4.69, 9.17) is 5.11 Å². The van der Waals surface area contributed by atoms with Gasteiger partial charge in [0.05, 0.1) is 10.8 Å². The molecule has 1 aliphatic carbocycles. The first-order chi connectivity index (χ1) is 10.8. The van der Waals surface area contributed by atoms with E-state index in [2.05, 4.69) is 5.32 Å². The SMILES string of the molecule is CS(=O)(=O)c1ccc(CNC(=O)C2CCC(C(=O)O)CC2)cc1. The second kappa shape index (κ2) is 7.12. The molecule has 2 N–H and O–H groups in total. The fourth-order valence-electron chi connectivity index (χ4n) is 2.79. The molecule has 23 heavy (non-hydrogen) atoms. The van der Waals surface area contributed by atoms with Crippen molar-refractivity contribution in [3.05, 3.63) is 29.8 Å². The maximum absolute atomic E-state index is 12.1. The highest BCUT2D eigenvalue weighted by Crippen LogP contribution is 2.29. The van der Waals surface area contributed by atoms with Crippen LogP contribution in [0.2, 0.25) is 0 Å². The number of carboxylic acid groups (broad SMARTS) is 1. The molecule has 0 spiro atoms. The molecule has 0 radical (unpaired) electrons. The van der Waals surface area contributed by atoms with Crippen LogP contribution in [0.15, 0.2) is 29.2 Å². The number of hydrogen-bond acceptors (Lipinski definition) is 4. The number of carbonyl (C=O) groups is 2. The molecule has 1 fully saturated rings. The number of sulfone groups is 1. The third-order valence-electron chi connectivity index (χ3n) is 4.27. The molecule has 1 amide bonds. The molecular weight excluding hydrogens is 318 g/mol. The van der Waals surface area contributed by atoms with Crippen molar-refractivity contribution in [2.75, 3.05) is 6.26 Å². The van der Waals surface area contributed by atoms with Gasteiger partial charge in [-0.1, -0.05) is 12.1 Å². The van der Waals surface area contributed by atoms with Gasteiger partial charge < -0.3 is 10.4 Å². The second-order valence-corrected chi connectivity index (χ2v) is 8.04. The third-order valence-corrected chi connectivity index (χ3v) is 5.39. The van der Waals surface area contributed by atoms with E-state index in [1.165, 1.54) is 12.1 Å². The summed E-state index contributed by atoms with van der Waals surface area (Å²) in [5.74, 6) is -1.32. The lowest BCUT2D eigenvalue weighted by Gasteiger charge is -2.25. The van der Waals surface area contributed by atoms with Crippen molar-refractivity contribution in [3.63, 3.8) is 0 Å². The van der Waals surface area contributed by atoms with E-state index < -0.39 is 15.8 Å². The number of amides is 1. The lowest BCUT2D eigenvalue weighted by Crippen LogP contribution is -2.34. The minimum Gasteiger partial charge on any atom is -0.481 e. The number of carbonyl (C=O) groups excluding carboxylic acids is 1. The standard InChI is InChI=1S/C16H21NO5S/c1-23(21,22)14-8-2-11(3-9-14)10-17-15(18)12-4-6-13(7-5-12)16(19)20/h2-3,8-9,12-13H,4-7,10H2,1H3,(H,17,18)(H,19,20). The molecule has 1 aromatic rings. The average Bonchev–Trinajstić information content (AvgIpc) is 2.52. The van der Waals surface area contributed by atoms with Gasteiger partial charge in [0.2, 0.25) is 5.91 Å². The van der Waals surface area contributed by atoms with E-state index in [1.807, 2.05) is 0 Å². The quantitative estimate of drug-likeness (QED) is 0.848. The zero-order chi connectivity index (χ0) is 17.0. The van der Waals surface area contributed by atoms with Crippen molar-refractivity contribution in [2.24, 2.45) is 11.8 Å². The summed E-state index contributed by atoms with van der Waals surface area (Å²) in [5.41, 5.74) is 0.824. The summed E-state index contributed by atoms with van der Waals surface area (Å²) in [7, 11) is -3.22. The zero-order valence-electron chi connectivity index (χ0n) is 13.0. The van der Waals surface area contributed by atoms with Gasteiger partial charge in [-0.05, 0) is 43.4 Å². The highest BCUT2D eigenvalue weighted by Gasteiger charge is 2.29. The Balaban J connectivity index is 1.84. The highest BCUT2D eigenvalue weighted by molar-refractivity contribution is 7.90. The molecule has 1 saturated carbocycles. The molecule has 2 rings (SSSR count). The normalized spacial score (nSPS) is 21.6. The van der Waals surface area contributed by atoms with Crippen molar-refractivity contribution in [3.8, 4) is 0 Å². The van der Waals surface area contributed by atoms with Crippen LogP contribution < -0.4 is 5.32 Å². The van der Waals surface area contributed by atoms with Crippen molar-refractivity contribution >= 4 is 21.7 Å². The van der Waals surface area contributed by atoms with Gasteiger partial charge in [0.15, 0.2) is 9.84 Å². The van der Waals surface area contributed by atoms with Crippen molar-refractivity contribution in [1.82, 2.24) is 5.32 Å². The maximum atomic E-state index is 12.1. The van der Waals surface area contributed by atoms with Gasteiger partial charge in [-0.2, -0.15) is 0 Å². The molecule has 0 aliphatic heterocycles. The van der Waals surface area contributed by atoms with Crippen LogP contribution in [0.4, 0.5) is 0 Å². The maximum Gasteiger partial charge on any atom is 0.306 e. The topological polar surface area (TPSA) is 101 Å². The molecule has 1 aliphatic rings. The summed E-state index contributed by atoms with van der Waals surface area (Å²) < 4.78 is 22.8. The van der Waals surface area contributed by atoms with E-state index in [0.717, 1.165) is 11.8 Å². The van der Waals surface area contributed by atoms with Gasteiger partial charge >= 0.3 is 5.97 Å².